The van der Waals surface area contributed by atoms with Gasteiger partial charge in [-0.1, -0.05) is 11.6 Å². The number of carbonyl (C=O) groups excluding carboxylic acids is 1. The topological polar surface area (TPSA) is 38.8 Å². The van der Waals surface area contributed by atoms with E-state index in [0.717, 1.165) is 13.7 Å². The van der Waals surface area contributed by atoms with Gasteiger partial charge in [0, 0.05) is 7.11 Å². The van der Waals surface area contributed by atoms with Gasteiger partial charge in [-0.2, -0.15) is 0 Å². The molecule has 1 aromatic heterocycles. The van der Waals surface area contributed by atoms with E-state index in [1.165, 1.54) is 18.4 Å². The van der Waals surface area contributed by atoms with Gasteiger partial charge in [-0.3, -0.25) is 9.63 Å². The number of amides is 1. The van der Waals surface area contributed by atoms with E-state index in [1.54, 1.807) is 13.2 Å². The summed E-state index contributed by atoms with van der Waals surface area (Å²) in [7, 11) is 2.99. The van der Waals surface area contributed by atoms with Crippen molar-refractivity contribution < 1.29 is 14.4 Å². The fourth-order valence-corrected chi connectivity index (χ4v) is 3.30. The van der Waals surface area contributed by atoms with Crippen LogP contribution in [0, 0.1) is 0 Å². The maximum absolute atomic E-state index is 10.6. The molecule has 0 saturated carbocycles. The van der Waals surface area contributed by atoms with Gasteiger partial charge in [0.2, 0.25) is 6.41 Å². The molecular formula is C9H11BrClNO3S. The molecule has 0 bridgehead atoms. The maximum Gasteiger partial charge on any atom is 0.233 e. The molecule has 0 aromatic carbocycles. The van der Waals surface area contributed by atoms with Gasteiger partial charge in [0.15, 0.2) is 0 Å². The van der Waals surface area contributed by atoms with Crippen molar-refractivity contribution in [1.82, 2.24) is 5.06 Å². The molecule has 1 rings (SSSR count). The number of ether oxygens (including phenoxy) is 1. The number of hydrogen-bond donors (Lipinski definition) is 0. The van der Waals surface area contributed by atoms with Crippen LogP contribution in [0.5, 0.6) is 0 Å². The molecule has 1 heterocycles. The molecule has 16 heavy (non-hydrogen) atoms. The molecule has 1 amide bonds. The van der Waals surface area contributed by atoms with Crippen molar-refractivity contribution in [3.63, 3.8) is 0 Å². The molecule has 0 spiro atoms. The number of halogens is 2. The van der Waals surface area contributed by atoms with Crippen LogP contribution in [0.25, 0.3) is 0 Å². The summed E-state index contributed by atoms with van der Waals surface area (Å²) in [5.41, 5.74) is 0. The molecule has 0 aliphatic carbocycles. The van der Waals surface area contributed by atoms with Crippen molar-refractivity contribution in [3.8, 4) is 0 Å². The van der Waals surface area contributed by atoms with E-state index in [0.29, 0.717) is 18.0 Å². The van der Waals surface area contributed by atoms with E-state index < -0.39 is 0 Å². The van der Waals surface area contributed by atoms with Gasteiger partial charge in [0.25, 0.3) is 0 Å². The Morgan fingerprint density at radius 3 is 2.75 bits per heavy atom. The zero-order chi connectivity index (χ0) is 12.1. The van der Waals surface area contributed by atoms with Crippen LogP contribution in [0.2, 0.25) is 5.02 Å². The number of hydroxylamine groups is 2. The number of hydrogen-bond acceptors (Lipinski definition) is 4. The van der Waals surface area contributed by atoms with Crippen molar-refractivity contribution in [1.29, 1.82) is 0 Å². The number of carbonyl (C=O) groups is 1. The molecule has 0 saturated heterocycles. The molecule has 0 N–H and O–H groups in total. The Bertz CT molecular complexity index is 361. The fraction of sp³-hybridized carbons (Fsp3) is 0.444. The van der Waals surface area contributed by atoms with Crippen LogP contribution < -0.4 is 0 Å². The summed E-state index contributed by atoms with van der Waals surface area (Å²) >= 11 is 10.9. The summed E-state index contributed by atoms with van der Waals surface area (Å²) in [5.74, 6) is 0. The molecule has 1 atom stereocenters. The van der Waals surface area contributed by atoms with E-state index in [4.69, 9.17) is 21.2 Å². The molecule has 1 aromatic rings. The number of rotatable bonds is 6. The zero-order valence-electron chi connectivity index (χ0n) is 8.78. The zero-order valence-corrected chi connectivity index (χ0v) is 11.9. The molecule has 0 fully saturated rings. The Kier molecular flexibility index (Phi) is 5.71. The average Bonchev–Trinajstić information content (AvgIpc) is 2.60. The number of thiophene rings is 1. The van der Waals surface area contributed by atoms with Crippen molar-refractivity contribution in [2.24, 2.45) is 0 Å². The first-order valence-electron chi connectivity index (χ1n) is 4.36. The lowest BCUT2D eigenvalue weighted by Gasteiger charge is -2.20. The Labute approximate surface area is 111 Å². The third kappa shape index (κ3) is 3.43. The smallest absolute Gasteiger partial charge is 0.233 e. The van der Waals surface area contributed by atoms with E-state index >= 15 is 0 Å². The molecule has 0 aliphatic heterocycles. The normalized spacial score (nSPS) is 12.5. The molecule has 7 heteroatoms. The van der Waals surface area contributed by atoms with Crippen LogP contribution in [0.1, 0.15) is 11.0 Å². The highest BCUT2D eigenvalue weighted by Gasteiger charge is 2.20. The predicted molar refractivity (Wildman–Crippen MR) is 66.6 cm³/mol. The summed E-state index contributed by atoms with van der Waals surface area (Å²) in [4.78, 5) is 16.3. The van der Waals surface area contributed by atoms with Crippen molar-refractivity contribution in [2.45, 2.75) is 6.10 Å². The second-order valence-electron chi connectivity index (χ2n) is 2.87. The van der Waals surface area contributed by atoms with Crippen LogP contribution in [-0.4, -0.2) is 32.2 Å². The highest BCUT2D eigenvalue weighted by Crippen LogP contribution is 2.36. The third-order valence-corrected chi connectivity index (χ3v) is 4.11. The minimum Gasteiger partial charge on any atom is -0.374 e. The van der Waals surface area contributed by atoms with Crippen LogP contribution in [0.15, 0.2) is 9.85 Å². The first-order valence-corrected chi connectivity index (χ1v) is 6.34. The Balaban J connectivity index is 2.81. The lowest BCUT2D eigenvalue weighted by Crippen LogP contribution is -2.26. The molecule has 4 nitrogen and oxygen atoms in total. The standard InChI is InChI=1S/C9H11BrClNO3S/c1-14-7(4-12(5-13)15-2)9-6(11)3-8(10)16-9/h3,5,7H,4H2,1-2H3. The highest BCUT2D eigenvalue weighted by molar-refractivity contribution is 9.11. The quantitative estimate of drug-likeness (QED) is 0.595. The first kappa shape index (κ1) is 13.9. The highest BCUT2D eigenvalue weighted by atomic mass is 79.9. The van der Waals surface area contributed by atoms with Crippen LogP contribution in [-0.2, 0) is 14.4 Å². The second kappa shape index (κ2) is 6.56. The second-order valence-corrected chi connectivity index (χ2v) is 5.74. The number of nitrogens with zero attached hydrogens (tertiary/aromatic N) is 1. The average molecular weight is 329 g/mol. The van der Waals surface area contributed by atoms with Gasteiger partial charge in [0.05, 0.1) is 27.3 Å². The van der Waals surface area contributed by atoms with Crippen LogP contribution in [0.3, 0.4) is 0 Å². The lowest BCUT2D eigenvalue weighted by molar-refractivity contribution is -0.168. The molecule has 0 radical (unpaired) electrons. The van der Waals surface area contributed by atoms with E-state index in [2.05, 4.69) is 15.9 Å². The third-order valence-electron chi connectivity index (χ3n) is 1.96. The summed E-state index contributed by atoms with van der Waals surface area (Å²) < 4.78 is 6.21. The van der Waals surface area contributed by atoms with Crippen LogP contribution >= 0.6 is 38.9 Å². The summed E-state index contributed by atoms with van der Waals surface area (Å²) in [6, 6.07) is 1.80. The van der Waals surface area contributed by atoms with Gasteiger partial charge in [-0.05, 0) is 22.0 Å². The summed E-state index contributed by atoms with van der Waals surface area (Å²) in [6.07, 6.45) is 0.303. The van der Waals surface area contributed by atoms with E-state index in [9.17, 15) is 4.79 Å². The van der Waals surface area contributed by atoms with Gasteiger partial charge < -0.3 is 4.74 Å². The summed E-state index contributed by atoms with van der Waals surface area (Å²) in [5, 5.41) is 1.77. The Morgan fingerprint density at radius 1 is 1.69 bits per heavy atom. The largest absolute Gasteiger partial charge is 0.374 e. The fourth-order valence-electron chi connectivity index (χ4n) is 1.16. The monoisotopic (exact) mass is 327 g/mol. The minimum atomic E-state index is -0.297. The van der Waals surface area contributed by atoms with Crippen LogP contribution in [0.4, 0.5) is 0 Å². The predicted octanol–water partition coefficient (Wildman–Crippen LogP) is 2.87. The van der Waals surface area contributed by atoms with Gasteiger partial charge in [-0.15, -0.1) is 11.3 Å². The SMILES string of the molecule is COC(CN(C=O)OC)c1sc(Br)cc1Cl. The first-order chi connectivity index (χ1) is 7.62. The van der Waals surface area contributed by atoms with Crippen molar-refractivity contribution in [3.05, 3.63) is 19.8 Å². The maximum atomic E-state index is 10.6. The number of methoxy groups -OCH3 is 1. The van der Waals surface area contributed by atoms with Gasteiger partial charge >= 0.3 is 0 Å². The van der Waals surface area contributed by atoms with E-state index in [1.807, 2.05) is 0 Å². The van der Waals surface area contributed by atoms with E-state index in [-0.39, 0.29) is 6.10 Å². The van der Waals surface area contributed by atoms with Crippen molar-refractivity contribution in [2.75, 3.05) is 20.8 Å². The van der Waals surface area contributed by atoms with Gasteiger partial charge in [-0.25, -0.2) is 5.06 Å². The molecule has 0 aliphatic rings. The van der Waals surface area contributed by atoms with Gasteiger partial charge in [0.1, 0.15) is 6.10 Å². The minimum absolute atomic E-state index is 0.295. The Hall–Kier alpha value is -0.140. The molecular weight excluding hydrogens is 318 g/mol. The summed E-state index contributed by atoms with van der Waals surface area (Å²) in [6.45, 7) is 0.295. The molecule has 90 valence electrons. The molecule has 1 unspecified atom stereocenters. The lowest BCUT2D eigenvalue weighted by atomic mass is 10.3. The van der Waals surface area contributed by atoms with Crippen molar-refractivity contribution >= 4 is 45.3 Å². The Morgan fingerprint density at radius 2 is 2.38 bits per heavy atom.